The van der Waals surface area contributed by atoms with Crippen molar-refractivity contribution in [2.45, 2.75) is 58.3 Å². The van der Waals surface area contributed by atoms with E-state index in [1.54, 1.807) is 26.4 Å². The van der Waals surface area contributed by atoms with Gasteiger partial charge in [0.05, 0.1) is 6.54 Å². The van der Waals surface area contributed by atoms with Crippen LogP contribution in [0.2, 0.25) is 0 Å². The average Bonchev–Trinajstić information content (AvgIpc) is 3.24. The lowest BCUT2D eigenvalue weighted by molar-refractivity contribution is -0.225. The van der Waals surface area contributed by atoms with Gasteiger partial charge in [0, 0.05) is 38.8 Å². The molecule has 0 aliphatic heterocycles. The van der Waals surface area contributed by atoms with Gasteiger partial charge >= 0.3 is 5.97 Å². The van der Waals surface area contributed by atoms with Crippen LogP contribution in [-0.2, 0) is 28.2 Å². The molecule has 0 unspecified atom stereocenters. The molecule has 0 bridgehead atoms. The summed E-state index contributed by atoms with van der Waals surface area (Å²) in [6.45, 7) is 4.76. The maximum absolute atomic E-state index is 11.5. The van der Waals surface area contributed by atoms with Gasteiger partial charge in [0.1, 0.15) is 5.82 Å². The number of carboxylic acids is 1. The molecule has 0 radical (unpaired) electrons. The molecule has 176 valence electrons. The van der Waals surface area contributed by atoms with Gasteiger partial charge in [-0.1, -0.05) is 57.0 Å². The van der Waals surface area contributed by atoms with Crippen molar-refractivity contribution in [1.29, 1.82) is 0 Å². The Morgan fingerprint density at radius 3 is 2.42 bits per heavy atom. The molecule has 0 atom stereocenters. The van der Waals surface area contributed by atoms with Crippen LogP contribution in [0.1, 0.15) is 67.2 Å². The van der Waals surface area contributed by atoms with Gasteiger partial charge in [-0.2, -0.15) is 0 Å². The first-order chi connectivity index (χ1) is 16.0. The molecule has 0 saturated heterocycles. The zero-order chi connectivity index (χ0) is 23.8. The maximum Gasteiger partial charge on any atom is 0.355 e. The number of hydrogen-bond acceptors (Lipinski definition) is 6. The van der Waals surface area contributed by atoms with Crippen LogP contribution in [0.4, 0.5) is 0 Å². The summed E-state index contributed by atoms with van der Waals surface area (Å²) < 4.78 is 13.3. The number of carboxylic acid groups (broad SMARTS) is 1. The second kappa shape index (κ2) is 11.2. The minimum Gasteiger partial charge on any atom is -0.476 e. The van der Waals surface area contributed by atoms with Crippen molar-refractivity contribution in [2.24, 2.45) is 0 Å². The van der Waals surface area contributed by atoms with E-state index in [0.717, 1.165) is 42.6 Å². The van der Waals surface area contributed by atoms with Crippen LogP contribution in [0, 0.1) is 0 Å². The number of hydrogen-bond donors (Lipinski definition) is 1. The minimum absolute atomic E-state index is 0.0411. The van der Waals surface area contributed by atoms with Crippen molar-refractivity contribution < 1.29 is 19.4 Å². The molecular formula is C25H32N4O4. The Hall–Kier alpha value is -3.10. The van der Waals surface area contributed by atoms with Crippen LogP contribution in [0.25, 0.3) is 11.1 Å². The third-order valence-electron chi connectivity index (χ3n) is 5.69. The second-order valence-corrected chi connectivity index (χ2v) is 7.93. The molecule has 3 aromatic rings. The number of aryl methyl sites for hydroxylation is 1. The quantitative estimate of drug-likeness (QED) is 0.399. The minimum atomic E-state index is -1.04. The van der Waals surface area contributed by atoms with Gasteiger partial charge in [0.15, 0.2) is 5.69 Å². The lowest BCUT2D eigenvalue weighted by Crippen LogP contribution is -2.32. The zero-order valence-electron chi connectivity index (χ0n) is 19.7. The Balaban J connectivity index is 1.91. The van der Waals surface area contributed by atoms with Gasteiger partial charge < -0.3 is 14.6 Å². The van der Waals surface area contributed by atoms with Crippen molar-refractivity contribution in [3.8, 4) is 11.1 Å². The monoisotopic (exact) mass is 452 g/mol. The van der Waals surface area contributed by atoms with Crippen LogP contribution < -0.4 is 0 Å². The number of aromatic nitrogens is 4. The van der Waals surface area contributed by atoms with Crippen molar-refractivity contribution in [1.82, 2.24) is 19.7 Å². The molecule has 2 aromatic heterocycles. The van der Waals surface area contributed by atoms with Gasteiger partial charge in [0.2, 0.25) is 11.6 Å². The Bertz CT molecular complexity index is 1060. The van der Waals surface area contributed by atoms with Gasteiger partial charge in [-0.25, -0.2) is 19.4 Å². The Kier molecular flexibility index (Phi) is 8.30. The highest BCUT2D eigenvalue weighted by atomic mass is 16.7. The fourth-order valence-electron chi connectivity index (χ4n) is 3.86. The molecule has 0 spiro atoms. The third-order valence-corrected chi connectivity index (χ3v) is 5.69. The molecule has 8 nitrogen and oxygen atoms in total. The highest BCUT2D eigenvalue weighted by molar-refractivity contribution is 5.93. The summed E-state index contributed by atoms with van der Waals surface area (Å²) in [6, 6.07) is 11.3. The molecule has 0 aliphatic rings. The summed E-state index contributed by atoms with van der Waals surface area (Å²) in [5.74, 6) is -0.569. The zero-order valence-corrected chi connectivity index (χ0v) is 19.7. The molecule has 0 fully saturated rings. The van der Waals surface area contributed by atoms with Crippen molar-refractivity contribution >= 4 is 5.97 Å². The van der Waals surface area contributed by atoms with Crippen LogP contribution in [0.15, 0.2) is 42.6 Å². The van der Waals surface area contributed by atoms with Gasteiger partial charge in [-0.05, 0) is 23.6 Å². The number of rotatable bonds is 12. The molecular weight excluding hydrogens is 420 g/mol. The summed E-state index contributed by atoms with van der Waals surface area (Å²) in [6.07, 6.45) is 5.89. The molecule has 0 saturated carbocycles. The molecule has 2 heterocycles. The third kappa shape index (κ3) is 5.46. The molecule has 0 aliphatic carbocycles. The number of methoxy groups -OCH3 is 2. The fraction of sp³-hybridized carbons (Fsp3) is 0.440. The summed E-state index contributed by atoms with van der Waals surface area (Å²) in [4.78, 5) is 20.3. The molecule has 1 N–H and O–H groups in total. The summed E-state index contributed by atoms with van der Waals surface area (Å²) in [5, 5.41) is 14.2. The summed E-state index contributed by atoms with van der Waals surface area (Å²) >= 11 is 0. The van der Waals surface area contributed by atoms with E-state index in [1.165, 1.54) is 6.20 Å². The van der Waals surface area contributed by atoms with Crippen molar-refractivity contribution in [3.63, 3.8) is 0 Å². The van der Waals surface area contributed by atoms with E-state index < -0.39 is 11.8 Å². The summed E-state index contributed by atoms with van der Waals surface area (Å²) in [7, 11) is 3.24. The Labute approximate surface area is 194 Å². The largest absolute Gasteiger partial charge is 0.476 e. The number of carbonyl (C=O) groups is 1. The highest BCUT2D eigenvalue weighted by Crippen LogP contribution is 2.29. The topological polar surface area (TPSA) is 99.4 Å². The normalized spacial score (nSPS) is 11.6. The second-order valence-electron chi connectivity index (χ2n) is 7.93. The van der Waals surface area contributed by atoms with E-state index in [4.69, 9.17) is 19.6 Å². The molecule has 0 amide bonds. The SMILES string of the molecule is CCCCc1nc(C(CCC)(OC)OC)nn1Cc1ccc(-c2cccnc2C(=O)O)cc1. The summed E-state index contributed by atoms with van der Waals surface area (Å²) in [5.41, 5.74) is 2.47. The first kappa shape index (κ1) is 24.5. The predicted octanol–water partition coefficient (Wildman–Crippen LogP) is 4.67. The molecule has 3 rings (SSSR count). The first-order valence-corrected chi connectivity index (χ1v) is 11.3. The number of ether oxygens (including phenoxy) is 2. The van der Waals surface area contributed by atoms with Gasteiger partial charge in [-0.3, -0.25) is 0 Å². The first-order valence-electron chi connectivity index (χ1n) is 11.3. The van der Waals surface area contributed by atoms with Crippen molar-refractivity contribution in [3.05, 3.63) is 65.5 Å². The highest BCUT2D eigenvalue weighted by Gasteiger charge is 2.36. The van der Waals surface area contributed by atoms with Crippen molar-refractivity contribution in [2.75, 3.05) is 14.2 Å². The fourth-order valence-corrected chi connectivity index (χ4v) is 3.86. The average molecular weight is 453 g/mol. The maximum atomic E-state index is 11.5. The van der Waals surface area contributed by atoms with E-state index in [9.17, 15) is 9.90 Å². The van der Waals surface area contributed by atoms with Crippen LogP contribution in [0.5, 0.6) is 0 Å². The van der Waals surface area contributed by atoms with E-state index in [2.05, 4.69) is 18.8 Å². The smallest absolute Gasteiger partial charge is 0.355 e. The van der Waals surface area contributed by atoms with Crippen LogP contribution >= 0.6 is 0 Å². The lowest BCUT2D eigenvalue weighted by Gasteiger charge is -2.27. The molecule has 1 aromatic carbocycles. The van der Waals surface area contributed by atoms with E-state index in [0.29, 0.717) is 24.4 Å². The van der Waals surface area contributed by atoms with E-state index in [-0.39, 0.29) is 5.69 Å². The van der Waals surface area contributed by atoms with E-state index in [1.807, 2.05) is 28.9 Å². The Morgan fingerprint density at radius 2 is 1.82 bits per heavy atom. The number of aromatic carboxylic acids is 1. The van der Waals surface area contributed by atoms with E-state index >= 15 is 0 Å². The number of nitrogens with zero attached hydrogens (tertiary/aromatic N) is 4. The van der Waals surface area contributed by atoms with Crippen LogP contribution in [-0.4, -0.2) is 45.0 Å². The van der Waals surface area contributed by atoms with Gasteiger partial charge in [-0.15, -0.1) is 5.10 Å². The van der Waals surface area contributed by atoms with Crippen LogP contribution in [0.3, 0.4) is 0 Å². The number of pyridine rings is 1. The molecule has 8 heteroatoms. The number of benzene rings is 1. The predicted molar refractivity (Wildman–Crippen MR) is 125 cm³/mol. The van der Waals surface area contributed by atoms with Gasteiger partial charge in [0.25, 0.3) is 0 Å². The lowest BCUT2D eigenvalue weighted by atomic mass is 10.0. The standard InChI is InChI=1S/C25H32N4O4/c1-5-7-10-21-27-24(25(32-3,33-4)15-6-2)28-29(21)17-18-11-13-19(14-12-18)20-9-8-16-26-22(20)23(30)31/h8-9,11-14,16H,5-7,10,15,17H2,1-4H3,(H,30,31). The Morgan fingerprint density at radius 1 is 1.09 bits per heavy atom. The number of unbranched alkanes of at least 4 members (excludes halogenated alkanes) is 1. The molecule has 33 heavy (non-hydrogen) atoms.